The molecule has 0 N–H and O–H groups in total. The molecule has 2 aromatic heterocycles. The van der Waals surface area contributed by atoms with Crippen LogP contribution in [0.3, 0.4) is 0 Å². The molecule has 0 bridgehead atoms. The van der Waals surface area contributed by atoms with Gasteiger partial charge in [-0.15, -0.1) is 0 Å². The molecule has 0 amide bonds. The van der Waals surface area contributed by atoms with Gasteiger partial charge in [0.15, 0.2) is 5.76 Å². The number of hydrogen-bond donors (Lipinski definition) is 0. The molecule has 2 aromatic carbocycles. The third-order valence-corrected chi connectivity index (χ3v) is 4.48. The van der Waals surface area contributed by atoms with Gasteiger partial charge < -0.3 is 8.97 Å². The molecule has 0 spiro atoms. The van der Waals surface area contributed by atoms with Crippen molar-refractivity contribution in [2.75, 3.05) is 0 Å². The van der Waals surface area contributed by atoms with Crippen LogP contribution in [0.4, 0.5) is 0 Å². The zero-order chi connectivity index (χ0) is 18.9. The predicted octanol–water partition coefficient (Wildman–Crippen LogP) is 0.325. The molecular formula is C19H15N2NaO5S. The van der Waals surface area contributed by atoms with Crippen molar-refractivity contribution in [2.24, 2.45) is 0 Å². The Morgan fingerprint density at radius 3 is 2.46 bits per heavy atom. The maximum atomic E-state index is 10.6. The second-order valence-electron chi connectivity index (χ2n) is 5.95. The third-order valence-electron chi connectivity index (χ3n) is 4.07. The summed E-state index contributed by atoms with van der Waals surface area (Å²) < 4.78 is 43.5. The number of para-hydroxylation sites is 1. The van der Waals surface area contributed by atoms with Crippen LogP contribution in [-0.4, -0.2) is 22.8 Å². The normalized spacial score (nSPS) is 11.5. The maximum Gasteiger partial charge on any atom is 1.00 e. The van der Waals surface area contributed by atoms with Gasteiger partial charge in [-0.2, -0.15) is 5.10 Å². The first kappa shape index (κ1) is 20.8. The van der Waals surface area contributed by atoms with E-state index >= 15 is 0 Å². The summed E-state index contributed by atoms with van der Waals surface area (Å²) >= 11 is 0. The third kappa shape index (κ3) is 4.72. The van der Waals surface area contributed by atoms with Crippen molar-refractivity contribution in [1.29, 1.82) is 0 Å². The van der Waals surface area contributed by atoms with Crippen molar-refractivity contribution in [3.63, 3.8) is 0 Å². The molecule has 7 nitrogen and oxygen atoms in total. The second-order valence-corrected chi connectivity index (χ2v) is 7.00. The standard InChI is InChI=1S/C19H16N2O5S.Na/c22-27(23,24)25-13-15-10-11-18(26-15)19-16-8-4-5-9-17(16)21(20-19)12-14-6-2-1-3-7-14;/h1-11H,12-13H2,(H,22,23,24);/q;+1/p-1. The van der Waals surface area contributed by atoms with Crippen molar-refractivity contribution < 1.29 is 51.1 Å². The van der Waals surface area contributed by atoms with Crippen LogP contribution >= 0.6 is 0 Å². The van der Waals surface area contributed by atoms with E-state index in [4.69, 9.17) is 4.42 Å². The number of hydrogen-bond acceptors (Lipinski definition) is 6. The average Bonchev–Trinajstić information content (AvgIpc) is 3.26. The van der Waals surface area contributed by atoms with E-state index in [2.05, 4.69) is 9.28 Å². The Morgan fingerprint density at radius 1 is 1.00 bits per heavy atom. The quantitative estimate of drug-likeness (QED) is 0.260. The minimum atomic E-state index is -4.77. The van der Waals surface area contributed by atoms with E-state index in [9.17, 15) is 13.0 Å². The summed E-state index contributed by atoms with van der Waals surface area (Å²) in [5.74, 6) is 0.700. The summed E-state index contributed by atoms with van der Waals surface area (Å²) in [6.45, 7) is 0.154. The van der Waals surface area contributed by atoms with E-state index in [0.29, 0.717) is 18.0 Å². The topological polar surface area (TPSA) is 97.4 Å². The molecule has 2 heterocycles. The number of fused-ring (bicyclic) bond motifs is 1. The molecule has 28 heavy (non-hydrogen) atoms. The number of benzene rings is 2. The van der Waals surface area contributed by atoms with E-state index in [1.54, 1.807) is 12.1 Å². The van der Waals surface area contributed by atoms with Gasteiger partial charge in [-0.3, -0.25) is 8.86 Å². The summed E-state index contributed by atoms with van der Waals surface area (Å²) in [7, 11) is -4.77. The van der Waals surface area contributed by atoms with Gasteiger partial charge in [-0.05, 0) is 23.8 Å². The minimum absolute atomic E-state index is 0. The summed E-state index contributed by atoms with van der Waals surface area (Å²) in [6, 6.07) is 21.0. The van der Waals surface area contributed by atoms with Gasteiger partial charge in [-0.25, -0.2) is 8.42 Å². The first-order chi connectivity index (χ1) is 13.0. The molecule has 0 saturated heterocycles. The summed E-state index contributed by atoms with van der Waals surface area (Å²) in [4.78, 5) is 0. The van der Waals surface area contributed by atoms with Crippen molar-refractivity contribution in [3.05, 3.63) is 78.1 Å². The molecule has 9 heteroatoms. The van der Waals surface area contributed by atoms with Crippen LogP contribution in [0.5, 0.6) is 0 Å². The van der Waals surface area contributed by atoms with Gasteiger partial charge in [0.25, 0.3) is 0 Å². The van der Waals surface area contributed by atoms with Gasteiger partial charge >= 0.3 is 29.6 Å². The minimum Gasteiger partial charge on any atom is -0.726 e. The molecule has 4 aromatic rings. The Hall–Kier alpha value is -1.94. The predicted molar refractivity (Wildman–Crippen MR) is 97.5 cm³/mol. The van der Waals surface area contributed by atoms with Crippen LogP contribution in [-0.2, 0) is 27.7 Å². The van der Waals surface area contributed by atoms with E-state index in [1.807, 2.05) is 59.3 Å². The van der Waals surface area contributed by atoms with Crippen LogP contribution < -0.4 is 29.6 Å². The van der Waals surface area contributed by atoms with Gasteiger partial charge in [0.1, 0.15) is 18.1 Å². The van der Waals surface area contributed by atoms with E-state index in [0.717, 1.165) is 16.5 Å². The van der Waals surface area contributed by atoms with Gasteiger partial charge in [0.05, 0.1) is 12.1 Å². The fraction of sp³-hybridized carbons (Fsp3) is 0.105. The molecule has 0 fully saturated rings. The number of aromatic nitrogens is 2. The van der Waals surface area contributed by atoms with Crippen LogP contribution in [0.1, 0.15) is 11.3 Å². The average molecular weight is 406 g/mol. The Bertz CT molecular complexity index is 1190. The van der Waals surface area contributed by atoms with Crippen LogP contribution in [0.2, 0.25) is 0 Å². The molecule has 0 atom stereocenters. The van der Waals surface area contributed by atoms with E-state index in [-0.39, 0.29) is 35.3 Å². The van der Waals surface area contributed by atoms with E-state index < -0.39 is 17.0 Å². The molecule has 0 unspecified atom stereocenters. The smallest absolute Gasteiger partial charge is 0.726 e. The van der Waals surface area contributed by atoms with Crippen molar-refractivity contribution in [2.45, 2.75) is 13.2 Å². The first-order valence-electron chi connectivity index (χ1n) is 8.18. The monoisotopic (exact) mass is 406 g/mol. The van der Waals surface area contributed by atoms with Crippen LogP contribution in [0.25, 0.3) is 22.4 Å². The molecule has 0 aliphatic heterocycles. The van der Waals surface area contributed by atoms with E-state index in [1.165, 1.54) is 0 Å². The molecule has 0 aliphatic carbocycles. The zero-order valence-electron chi connectivity index (χ0n) is 15.1. The van der Waals surface area contributed by atoms with Gasteiger partial charge in [-0.1, -0.05) is 48.5 Å². The molecule has 0 saturated carbocycles. The summed E-state index contributed by atoms with van der Waals surface area (Å²) in [5, 5.41) is 5.59. The Labute approximate surface area is 184 Å². The van der Waals surface area contributed by atoms with Crippen LogP contribution in [0, 0.1) is 0 Å². The largest absolute Gasteiger partial charge is 1.00 e. The van der Waals surface area contributed by atoms with Gasteiger partial charge in [0, 0.05) is 5.39 Å². The van der Waals surface area contributed by atoms with Crippen molar-refractivity contribution in [1.82, 2.24) is 9.78 Å². The summed E-state index contributed by atoms with van der Waals surface area (Å²) in [6.07, 6.45) is 0. The Balaban J connectivity index is 0.00000225. The fourth-order valence-corrected chi connectivity index (χ4v) is 3.16. The maximum absolute atomic E-state index is 10.6. The molecule has 4 rings (SSSR count). The summed E-state index contributed by atoms with van der Waals surface area (Å²) in [5.41, 5.74) is 2.71. The SMILES string of the molecule is O=S(=O)([O-])OCc1ccc(-c2nn(Cc3ccccc3)c3ccccc23)o1.[Na+]. The van der Waals surface area contributed by atoms with Crippen molar-refractivity contribution in [3.8, 4) is 11.5 Å². The first-order valence-corrected chi connectivity index (χ1v) is 9.52. The zero-order valence-corrected chi connectivity index (χ0v) is 17.9. The molecule has 138 valence electrons. The molecule has 0 radical (unpaired) electrons. The van der Waals surface area contributed by atoms with Crippen LogP contribution in [0.15, 0.2) is 71.1 Å². The Morgan fingerprint density at radius 2 is 1.71 bits per heavy atom. The molecular weight excluding hydrogens is 391 g/mol. The van der Waals surface area contributed by atoms with Gasteiger partial charge in [0.2, 0.25) is 10.4 Å². The number of furan rings is 1. The second kappa shape index (κ2) is 8.60. The Kier molecular flexibility index (Phi) is 6.39. The van der Waals surface area contributed by atoms with Crippen molar-refractivity contribution >= 4 is 21.3 Å². The fourth-order valence-electron chi connectivity index (χ4n) is 2.90. The number of nitrogens with zero attached hydrogens (tertiary/aromatic N) is 2. The molecule has 0 aliphatic rings. The number of rotatable bonds is 6.